The molecule has 0 aromatic carbocycles. The molecule has 0 radical (unpaired) electrons. The minimum Gasteiger partial charge on any atom is -0.479 e. The minimum absolute atomic E-state index is 0.826. The third-order valence-electron chi connectivity index (χ3n) is 7.72. The molecule has 3 saturated heterocycles. The van der Waals surface area contributed by atoms with Gasteiger partial charge in [0.15, 0.2) is 25.0 Å². The summed E-state index contributed by atoms with van der Waals surface area (Å²) in [7, 11) is 0. The zero-order chi connectivity index (χ0) is 33.2. The lowest BCUT2D eigenvalue weighted by Crippen LogP contribution is -2.67. The molecule has 3 aliphatic rings. The van der Waals surface area contributed by atoms with Gasteiger partial charge in [-0.05, 0) is 13.8 Å². The largest absolute Gasteiger partial charge is 0.479 e. The molecule has 0 aromatic rings. The first-order chi connectivity index (χ1) is 20.5. The maximum Gasteiger partial charge on any atom is 0.335 e. The van der Waals surface area contributed by atoms with Crippen LogP contribution in [0, 0.1) is 0 Å². The number of carboxylic acid groups (broad SMARTS) is 1. The number of aliphatic hydroxyl groups is 12. The average molecular weight is 651 g/mol. The second-order valence-electron chi connectivity index (χ2n) is 10.9. The maximum atomic E-state index is 12.1. The Kier molecular flexibility index (Phi) is 13.2. The lowest BCUT2D eigenvalue weighted by molar-refractivity contribution is -0.385. The van der Waals surface area contributed by atoms with Crippen molar-refractivity contribution in [2.45, 2.75) is 130 Å². The molecule has 44 heavy (non-hydrogen) atoms. The molecule has 20 nitrogen and oxygen atoms in total. The molecule has 20 heteroatoms. The quantitative estimate of drug-likeness (QED) is 0.0932. The third kappa shape index (κ3) is 7.82. The molecule has 3 heterocycles. The molecule has 0 aliphatic carbocycles. The second-order valence-corrected chi connectivity index (χ2v) is 10.9. The topological polar surface area (TPSA) is 335 Å². The highest BCUT2D eigenvalue weighted by atomic mass is 16.8. The van der Waals surface area contributed by atoms with E-state index in [1.54, 1.807) is 0 Å². The van der Waals surface area contributed by atoms with Crippen molar-refractivity contribution in [3.8, 4) is 0 Å². The summed E-state index contributed by atoms with van der Waals surface area (Å²) in [4.78, 5) is 12.1. The number of hydrogen-bond acceptors (Lipinski definition) is 19. The van der Waals surface area contributed by atoms with Gasteiger partial charge in [0.2, 0.25) is 0 Å². The van der Waals surface area contributed by atoms with Crippen molar-refractivity contribution in [3.63, 3.8) is 0 Å². The van der Waals surface area contributed by atoms with Crippen LogP contribution in [0.4, 0.5) is 0 Å². The summed E-state index contributed by atoms with van der Waals surface area (Å²) in [6, 6.07) is 0. The van der Waals surface area contributed by atoms with E-state index in [0.29, 0.717) is 0 Å². The second kappa shape index (κ2) is 15.6. The van der Waals surface area contributed by atoms with Crippen LogP contribution in [0.15, 0.2) is 0 Å². The Bertz CT molecular complexity index is 909. The van der Waals surface area contributed by atoms with Crippen LogP contribution in [0.2, 0.25) is 0 Å². The Hall–Kier alpha value is -1.25. The van der Waals surface area contributed by atoms with Crippen molar-refractivity contribution >= 4 is 5.97 Å². The van der Waals surface area contributed by atoms with Crippen molar-refractivity contribution in [2.75, 3.05) is 13.2 Å². The van der Waals surface area contributed by atoms with Crippen LogP contribution in [-0.2, 0) is 33.2 Å². The summed E-state index contributed by atoms with van der Waals surface area (Å²) in [6.07, 6.45) is -35.0. The Morgan fingerprint density at radius 3 is 1.82 bits per heavy atom. The number of rotatable bonds is 12. The van der Waals surface area contributed by atoms with Crippen LogP contribution in [0.3, 0.4) is 0 Å². The van der Waals surface area contributed by atoms with Crippen LogP contribution in [0.25, 0.3) is 0 Å². The van der Waals surface area contributed by atoms with E-state index in [1.165, 1.54) is 6.92 Å². The molecule has 0 amide bonds. The van der Waals surface area contributed by atoms with Gasteiger partial charge in [-0.15, -0.1) is 0 Å². The fraction of sp³-hybridized carbons (Fsp3) is 0.958. The van der Waals surface area contributed by atoms with Crippen LogP contribution >= 0.6 is 0 Å². The van der Waals surface area contributed by atoms with E-state index in [-0.39, 0.29) is 0 Å². The maximum absolute atomic E-state index is 12.1. The molecule has 0 spiro atoms. The van der Waals surface area contributed by atoms with Crippen LogP contribution in [0.1, 0.15) is 13.8 Å². The Labute approximate surface area is 249 Å². The smallest absolute Gasteiger partial charge is 0.335 e. The first-order valence-corrected chi connectivity index (χ1v) is 13.7. The highest BCUT2D eigenvalue weighted by Gasteiger charge is 2.55. The molecule has 3 rings (SSSR count). The monoisotopic (exact) mass is 650 g/mol. The van der Waals surface area contributed by atoms with Crippen LogP contribution in [-0.4, -0.2) is 202 Å². The lowest BCUT2D eigenvalue weighted by Gasteiger charge is -2.48. The molecular weight excluding hydrogens is 608 g/mol. The van der Waals surface area contributed by atoms with Crippen LogP contribution in [0.5, 0.6) is 0 Å². The number of aliphatic hydroxyl groups excluding tert-OH is 12. The number of carboxylic acids is 1. The van der Waals surface area contributed by atoms with Crippen LogP contribution < -0.4 is 0 Å². The van der Waals surface area contributed by atoms with E-state index >= 15 is 0 Å². The zero-order valence-corrected chi connectivity index (χ0v) is 23.6. The predicted molar refractivity (Wildman–Crippen MR) is 134 cm³/mol. The highest BCUT2D eigenvalue weighted by Crippen LogP contribution is 2.33. The summed E-state index contributed by atoms with van der Waals surface area (Å²) in [5.41, 5.74) is 0. The van der Waals surface area contributed by atoms with Gasteiger partial charge >= 0.3 is 5.97 Å². The first-order valence-electron chi connectivity index (χ1n) is 13.7. The summed E-state index contributed by atoms with van der Waals surface area (Å²) in [6.45, 7) is 0.584. The molecule has 0 unspecified atom stereocenters. The Morgan fingerprint density at radius 1 is 0.705 bits per heavy atom. The van der Waals surface area contributed by atoms with Gasteiger partial charge < -0.3 is 94.8 Å². The van der Waals surface area contributed by atoms with Gasteiger partial charge in [0.05, 0.1) is 25.4 Å². The van der Waals surface area contributed by atoms with Gasteiger partial charge in [-0.1, -0.05) is 0 Å². The molecule has 258 valence electrons. The third-order valence-corrected chi connectivity index (χ3v) is 7.72. The van der Waals surface area contributed by atoms with E-state index in [9.17, 15) is 71.2 Å². The number of ether oxygens (including phenoxy) is 6. The van der Waals surface area contributed by atoms with Gasteiger partial charge in [0.1, 0.15) is 79.4 Å². The number of carbonyl (C=O) groups is 1. The van der Waals surface area contributed by atoms with E-state index in [0.717, 1.165) is 6.92 Å². The van der Waals surface area contributed by atoms with E-state index in [1.807, 2.05) is 0 Å². The first kappa shape index (κ1) is 37.2. The van der Waals surface area contributed by atoms with E-state index < -0.39 is 136 Å². The predicted octanol–water partition coefficient (Wildman–Crippen LogP) is -7.97. The average Bonchev–Trinajstić information content (AvgIpc) is 2.98. The summed E-state index contributed by atoms with van der Waals surface area (Å²) >= 11 is 0. The molecular formula is C24H42O20. The molecule has 19 atom stereocenters. The number of hydrogen-bond donors (Lipinski definition) is 13. The summed E-state index contributed by atoms with van der Waals surface area (Å²) < 4.78 is 32.4. The molecule has 3 fully saturated rings. The van der Waals surface area contributed by atoms with Crippen molar-refractivity contribution < 1.29 is 99.6 Å². The van der Waals surface area contributed by atoms with Gasteiger partial charge in [0.25, 0.3) is 0 Å². The van der Waals surface area contributed by atoms with Crippen molar-refractivity contribution in [3.05, 3.63) is 0 Å². The molecule has 0 saturated carbocycles. The standard InChI is InChI=1S/C24H42O20/c1-5(27)9(28)11(30)7(3-25)40-23-17(36)15(34)18(20(44-23)21(37)38)42-24-19(14(33)10(29)6(2)39-24)43-22-16(35)13(32)12(31)8(4-26)41-22/h5-20,22-36H,3-4H2,1-2H3,(H,37,38)/t5-,6-,7-,8+,9-,10-,11-,12-,13-,14+,15+,16+,17+,18-,19+,20-,22-,23+,24-/m0/s1. The highest BCUT2D eigenvalue weighted by molar-refractivity contribution is 5.73. The van der Waals surface area contributed by atoms with Crippen molar-refractivity contribution in [2.24, 2.45) is 0 Å². The number of aliphatic carboxylic acids is 1. The minimum atomic E-state index is -2.18. The molecule has 0 bridgehead atoms. The SMILES string of the molecule is C[C@H](O)[C@H](O)[C@@H](O)[C@H](CO)O[C@@H]1O[C@H](C(=O)O)[C@@H](O[C@@H]2O[C@@H](C)[C@H](O)[C@@H](O)[C@H]2O[C@@H]2O[C@H](CO)[C@H](O)[C@H](O)[C@H]2O)[C@H](O)[C@H]1O. The van der Waals surface area contributed by atoms with Gasteiger partial charge in [-0.2, -0.15) is 0 Å². The molecule has 13 N–H and O–H groups in total. The summed E-state index contributed by atoms with van der Waals surface area (Å²) in [5.74, 6) is -1.78. The Balaban J connectivity index is 1.83. The summed E-state index contributed by atoms with van der Waals surface area (Å²) in [5, 5.41) is 132. The fourth-order valence-electron chi connectivity index (χ4n) is 4.96. The Morgan fingerprint density at radius 2 is 1.27 bits per heavy atom. The molecule has 3 aliphatic heterocycles. The van der Waals surface area contributed by atoms with Crippen molar-refractivity contribution in [1.29, 1.82) is 0 Å². The van der Waals surface area contributed by atoms with Gasteiger partial charge in [0, 0.05) is 0 Å². The van der Waals surface area contributed by atoms with Gasteiger partial charge in [-0.3, -0.25) is 0 Å². The lowest BCUT2D eigenvalue weighted by atomic mass is 9.96. The van der Waals surface area contributed by atoms with E-state index in [4.69, 9.17) is 28.4 Å². The molecule has 0 aromatic heterocycles. The van der Waals surface area contributed by atoms with Gasteiger partial charge in [-0.25, -0.2) is 4.79 Å². The van der Waals surface area contributed by atoms with E-state index in [2.05, 4.69) is 0 Å². The van der Waals surface area contributed by atoms with Crippen molar-refractivity contribution in [1.82, 2.24) is 0 Å². The fourth-order valence-corrected chi connectivity index (χ4v) is 4.96. The zero-order valence-electron chi connectivity index (χ0n) is 23.6. The normalized spacial score (nSPS) is 46.2.